The molecule has 0 amide bonds. The number of fused-ring (bicyclic) bond motifs is 3. The first-order valence-corrected chi connectivity index (χ1v) is 9.53. The predicted molar refractivity (Wildman–Crippen MR) is 110 cm³/mol. The van der Waals surface area contributed by atoms with E-state index in [0.717, 1.165) is 18.3 Å². The van der Waals surface area contributed by atoms with Crippen molar-refractivity contribution in [2.45, 2.75) is 32.7 Å². The molecular formula is C22H25N3O4. The molecule has 4 rings (SSSR count). The van der Waals surface area contributed by atoms with Crippen molar-refractivity contribution in [3.63, 3.8) is 0 Å². The van der Waals surface area contributed by atoms with Crippen LogP contribution in [0.4, 0.5) is 0 Å². The molecule has 7 nitrogen and oxygen atoms in total. The zero-order valence-corrected chi connectivity index (χ0v) is 16.6. The number of rotatable bonds is 4. The summed E-state index contributed by atoms with van der Waals surface area (Å²) in [5.74, 6) is -0.672. The summed E-state index contributed by atoms with van der Waals surface area (Å²) in [5, 5.41) is 17.1. The number of para-hydroxylation sites is 1. The molecule has 0 saturated carbocycles. The van der Waals surface area contributed by atoms with Gasteiger partial charge in [-0.05, 0) is 43.7 Å². The average Bonchev–Trinajstić information content (AvgIpc) is 3.22. The number of hydrogen-bond donors (Lipinski definition) is 2. The van der Waals surface area contributed by atoms with E-state index in [4.69, 9.17) is 10.2 Å². The van der Waals surface area contributed by atoms with Crippen LogP contribution in [0.3, 0.4) is 0 Å². The number of aromatic nitrogens is 3. The van der Waals surface area contributed by atoms with Crippen molar-refractivity contribution in [3.8, 4) is 0 Å². The van der Waals surface area contributed by atoms with E-state index in [1.54, 1.807) is 5.56 Å². The van der Waals surface area contributed by atoms with Gasteiger partial charge in [-0.25, -0.2) is 14.6 Å². The molecule has 1 unspecified atom stereocenters. The Morgan fingerprint density at radius 1 is 1.21 bits per heavy atom. The molecule has 1 aromatic carbocycles. The lowest BCUT2D eigenvalue weighted by atomic mass is 9.86. The second-order valence-electron chi connectivity index (χ2n) is 7.25. The molecule has 1 atom stereocenters. The van der Waals surface area contributed by atoms with Gasteiger partial charge in [0.2, 0.25) is 0 Å². The Balaban J connectivity index is 0.000000258. The lowest BCUT2D eigenvalue weighted by Gasteiger charge is -2.24. The number of carbonyl (C=O) groups is 2. The van der Waals surface area contributed by atoms with Gasteiger partial charge in [0.15, 0.2) is 0 Å². The van der Waals surface area contributed by atoms with Gasteiger partial charge in [-0.3, -0.25) is 0 Å². The van der Waals surface area contributed by atoms with Crippen LogP contribution in [0.1, 0.15) is 23.5 Å². The fourth-order valence-electron chi connectivity index (χ4n) is 3.98. The van der Waals surface area contributed by atoms with Crippen LogP contribution in [0.25, 0.3) is 10.9 Å². The molecule has 3 aromatic rings. The Hall–Kier alpha value is -3.35. The Kier molecular flexibility index (Phi) is 6.16. The summed E-state index contributed by atoms with van der Waals surface area (Å²) in [6.45, 7) is 3.18. The van der Waals surface area contributed by atoms with Crippen LogP contribution in [0.15, 0.2) is 48.8 Å². The van der Waals surface area contributed by atoms with Gasteiger partial charge in [0.25, 0.3) is 0 Å². The first-order valence-electron chi connectivity index (χ1n) is 9.53. The number of carboxylic acid groups (broad SMARTS) is 2. The largest absolute Gasteiger partial charge is 0.478 e. The number of carboxylic acids is 2. The Labute approximate surface area is 168 Å². The third-order valence-corrected chi connectivity index (χ3v) is 5.37. The van der Waals surface area contributed by atoms with Gasteiger partial charge < -0.3 is 19.3 Å². The molecular weight excluding hydrogens is 370 g/mol. The zero-order chi connectivity index (χ0) is 21.0. The van der Waals surface area contributed by atoms with Gasteiger partial charge in [-0.15, -0.1) is 0 Å². The summed E-state index contributed by atoms with van der Waals surface area (Å²) >= 11 is 0. The lowest BCUT2D eigenvalue weighted by Crippen LogP contribution is -2.20. The van der Waals surface area contributed by atoms with E-state index in [9.17, 15) is 9.59 Å². The molecule has 29 heavy (non-hydrogen) atoms. The number of aliphatic carboxylic acids is 2. The standard InChI is InChI=1S/C18H21N3.C4H4O4/c1-13-19-9-10-21(13)12-14-7-8-18-16(11-14)15-5-3-4-6-17(15)20(18)2;5-3(6)1-2-4(7)8/h3-6,9-10,14H,7-8,11-12H2,1-2H3;1-2H,(H,5,6)(H,7,8). The number of nitrogens with zero attached hydrogens (tertiary/aromatic N) is 3. The molecule has 2 N–H and O–H groups in total. The highest BCUT2D eigenvalue weighted by atomic mass is 16.4. The molecule has 0 fully saturated rings. The van der Waals surface area contributed by atoms with Gasteiger partial charge in [0.05, 0.1) is 0 Å². The van der Waals surface area contributed by atoms with Crippen molar-refractivity contribution >= 4 is 22.8 Å². The topological polar surface area (TPSA) is 97.4 Å². The number of imidazole rings is 1. The normalized spacial score (nSPS) is 15.7. The molecule has 0 saturated heterocycles. The average molecular weight is 395 g/mol. The van der Waals surface area contributed by atoms with E-state index in [1.807, 2.05) is 6.20 Å². The van der Waals surface area contributed by atoms with Crippen molar-refractivity contribution < 1.29 is 19.8 Å². The number of hydrogen-bond acceptors (Lipinski definition) is 3. The van der Waals surface area contributed by atoms with E-state index >= 15 is 0 Å². The van der Waals surface area contributed by atoms with Crippen LogP contribution in [0, 0.1) is 12.8 Å². The third-order valence-electron chi connectivity index (χ3n) is 5.37. The summed E-state index contributed by atoms with van der Waals surface area (Å²) < 4.78 is 4.68. The quantitative estimate of drug-likeness (QED) is 0.661. The molecule has 0 bridgehead atoms. The second-order valence-corrected chi connectivity index (χ2v) is 7.25. The number of benzene rings is 1. The minimum absolute atomic E-state index is 0.558. The maximum Gasteiger partial charge on any atom is 0.328 e. The summed E-state index contributed by atoms with van der Waals surface area (Å²) in [4.78, 5) is 23.4. The molecule has 7 heteroatoms. The monoisotopic (exact) mass is 395 g/mol. The number of aryl methyl sites for hydroxylation is 2. The molecule has 1 aliphatic carbocycles. The maximum absolute atomic E-state index is 9.55. The van der Waals surface area contributed by atoms with E-state index in [2.05, 4.69) is 58.6 Å². The van der Waals surface area contributed by atoms with Crippen LogP contribution >= 0.6 is 0 Å². The first kappa shape index (κ1) is 20.4. The minimum Gasteiger partial charge on any atom is -0.478 e. The molecule has 152 valence electrons. The lowest BCUT2D eigenvalue weighted by molar-refractivity contribution is -0.134. The van der Waals surface area contributed by atoms with E-state index in [-0.39, 0.29) is 0 Å². The highest BCUT2D eigenvalue weighted by Gasteiger charge is 2.24. The Bertz CT molecular complexity index is 1050. The highest BCUT2D eigenvalue weighted by molar-refractivity contribution is 5.89. The Morgan fingerprint density at radius 2 is 1.90 bits per heavy atom. The van der Waals surface area contributed by atoms with Crippen molar-refractivity contribution in [1.29, 1.82) is 0 Å². The van der Waals surface area contributed by atoms with Gasteiger partial charge in [-0.2, -0.15) is 0 Å². The van der Waals surface area contributed by atoms with Gasteiger partial charge in [0.1, 0.15) is 5.82 Å². The van der Waals surface area contributed by atoms with Crippen molar-refractivity contribution in [2.75, 3.05) is 0 Å². The van der Waals surface area contributed by atoms with Crippen LogP contribution < -0.4 is 0 Å². The Morgan fingerprint density at radius 3 is 2.52 bits per heavy atom. The first-order chi connectivity index (χ1) is 13.9. The van der Waals surface area contributed by atoms with Crippen LogP contribution in [-0.4, -0.2) is 36.3 Å². The fourth-order valence-corrected chi connectivity index (χ4v) is 3.98. The van der Waals surface area contributed by atoms with E-state index in [1.165, 1.54) is 35.9 Å². The summed E-state index contributed by atoms with van der Waals surface area (Å²) in [6.07, 6.45) is 8.78. The van der Waals surface area contributed by atoms with Gasteiger partial charge in [-0.1, -0.05) is 18.2 Å². The van der Waals surface area contributed by atoms with Crippen LogP contribution in [-0.2, 0) is 36.0 Å². The van der Waals surface area contributed by atoms with Crippen molar-refractivity contribution in [1.82, 2.24) is 14.1 Å². The summed E-state index contributed by atoms with van der Waals surface area (Å²) in [7, 11) is 2.21. The molecule has 0 spiro atoms. The molecule has 2 aromatic heterocycles. The zero-order valence-electron chi connectivity index (χ0n) is 16.6. The molecule has 0 radical (unpaired) electrons. The fraction of sp³-hybridized carbons (Fsp3) is 0.318. The maximum atomic E-state index is 9.55. The summed E-state index contributed by atoms with van der Waals surface area (Å²) in [5.41, 5.74) is 4.49. The van der Waals surface area contributed by atoms with Crippen LogP contribution in [0.5, 0.6) is 0 Å². The molecule has 0 aliphatic heterocycles. The predicted octanol–water partition coefficient (Wildman–Crippen LogP) is 3.20. The molecule has 1 aliphatic rings. The second kappa shape index (κ2) is 8.77. The smallest absolute Gasteiger partial charge is 0.328 e. The van der Waals surface area contributed by atoms with Crippen molar-refractivity contribution in [2.24, 2.45) is 13.0 Å². The summed E-state index contributed by atoms with van der Waals surface area (Å²) in [6, 6.07) is 8.81. The van der Waals surface area contributed by atoms with E-state index < -0.39 is 11.9 Å². The SMILES string of the molecule is Cc1nccn1CC1CCc2c(c3ccccc3n2C)C1.O=C(O)C=CC(=O)O. The van der Waals surface area contributed by atoms with Gasteiger partial charge in [0, 0.05) is 54.7 Å². The highest BCUT2D eigenvalue weighted by Crippen LogP contribution is 2.34. The minimum atomic E-state index is -1.26. The van der Waals surface area contributed by atoms with Crippen LogP contribution in [0.2, 0.25) is 0 Å². The third kappa shape index (κ3) is 4.74. The van der Waals surface area contributed by atoms with Crippen molar-refractivity contribution in [3.05, 3.63) is 65.9 Å². The van der Waals surface area contributed by atoms with E-state index in [0.29, 0.717) is 12.2 Å². The molecule has 2 heterocycles. The van der Waals surface area contributed by atoms with Gasteiger partial charge >= 0.3 is 11.9 Å².